The summed E-state index contributed by atoms with van der Waals surface area (Å²) in [7, 11) is 0. The molecule has 4 nitrogen and oxygen atoms in total. The molecule has 1 aliphatic rings. The molecule has 0 heterocycles. The molecule has 4 heteroatoms. The van der Waals surface area contributed by atoms with Gasteiger partial charge in [-0.05, 0) is 24.7 Å². The number of carbonyl (C=O) groups is 2. The third-order valence-electron chi connectivity index (χ3n) is 4.16. The number of nitrogens with one attached hydrogen (secondary N) is 1. The van der Waals surface area contributed by atoms with Gasteiger partial charge in [-0.2, -0.15) is 0 Å². The molecule has 20 heavy (non-hydrogen) atoms. The van der Waals surface area contributed by atoms with Crippen molar-refractivity contribution in [1.82, 2.24) is 5.32 Å². The van der Waals surface area contributed by atoms with Crippen molar-refractivity contribution in [1.29, 1.82) is 0 Å². The molecule has 2 rings (SSSR count). The number of carboxylic acids is 1. The Labute approximate surface area is 119 Å². The number of rotatable bonds is 7. The molecule has 0 radical (unpaired) electrons. The smallest absolute Gasteiger partial charge is 0.320 e. The lowest BCUT2D eigenvalue weighted by atomic mass is 9.67. The average molecular weight is 275 g/mol. The van der Waals surface area contributed by atoms with E-state index in [1.54, 1.807) is 24.3 Å². The van der Waals surface area contributed by atoms with Crippen LogP contribution >= 0.6 is 0 Å². The average Bonchev–Trinajstić information content (AvgIpc) is 2.41. The second kappa shape index (κ2) is 6.18. The van der Waals surface area contributed by atoms with Crippen molar-refractivity contribution in [3.8, 4) is 0 Å². The van der Waals surface area contributed by atoms with Gasteiger partial charge in [0.25, 0.3) is 0 Å². The van der Waals surface area contributed by atoms with Gasteiger partial charge in [0.2, 0.25) is 0 Å². The Kier molecular flexibility index (Phi) is 4.55. The number of carboxylic acid groups (broad SMARTS) is 1. The van der Waals surface area contributed by atoms with Gasteiger partial charge in [-0.15, -0.1) is 0 Å². The first kappa shape index (κ1) is 14.7. The number of hydrogen-bond donors (Lipinski definition) is 2. The molecule has 1 unspecified atom stereocenters. The van der Waals surface area contributed by atoms with Gasteiger partial charge in [-0.1, -0.05) is 43.7 Å². The van der Waals surface area contributed by atoms with E-state index >= 15 is 0 Å². The molecular weight excluding hydrogens is 254 g/mol. The van der Waals surface area contributed by atoms with Gasteiger partial charge in [0, 0.05) is 5.56 Å². The van der Waals surface area contributed by atoms with Crippen LogP contribution in [0.2, 0.25) is 0 Å². The van der Waals surface area contributed by atoms with Crippen molar-refractivity contribution < 1.29 is 14.7 Å². The Balaban J connectivity index is 1.89. The molecule has 2 N–H and O–H groups in total. The quantitative estimate of drug-likeness (QED) is 0.750. The zero-order valence-corrected chi connectivity index (χ0v) is 11.8. The van der Waals surface area contributed by atoms with Crippen LogP contribution in [0.3, 0.4) is 0 Å². The maximum Gasteiger partial charge on any atom is 0.320 e. The Morgan fingerprint density at radius 1 is 1.30 bits per heavy atom. The summed E-state index contributed by atoms with van der Waals surface area (Å²) in [6.45, 7) is 2.18. The number of benzene rings is 1. The van der Waals surface area contributed by atoms with Crippen molar-refractivity contribution in [2.45, 2.75) is 38.6 Å². The molecule has 0 aliphatic heterocycles. The Morgan fingerprint density at radius 2 is 1.95 bits per heavy atom. The lowest BCUT2D eigenvalue weighted by Crippen LogP contribution is -2.44. The number of Topliss-reactive ketones (excluding diaryl/α,β-unsaturated/α-hetero) is 1. The van der Waals surface area contributed by atoms with Crippen LogP contribution in [0.4, 0.5) is 0 Å². The minimum atomic E-state index is -0.876. The van der Waals surface area contributed by atoms with Gasteiger partial charge < -0.3 is 5.11 Å². The number of aliphatic carboxylic acids is 1. The standard InChI is InChI=1S/C16H21NO3/c1-16(8-5-9-16)10-13(15(19)20)17-11-14(18)12-6-3-2-4-7-12/h2-4,6-7,13,17H,5,8-11H2,1H3,(H,19,20). The van der Waals surface area contributed by atoms with E-state index in [0.717, 1.165) is 12.8 Å². The van der Waals surface area contributed by atoms with Crippen LogP contribution in [-0.4, -0.2) is 29.4 Å². The summed E-state index contributed by atoms with van der Waals surface area (Å²) in [6, 6.07) is 8.30. The highest BCUT2D eigenvalue weighted by Gasteiger charge is 2.36. The SMILES string of the molecule is CC1(CC(NCC(=O)c2ccccc2)C(=O)O)CCC1. The van der Waals surface area contributed by atoms with Crippen molar-refractivity contribution in [2.24, 2.45) is 5.41 Å². The summed E-state index contributed by atoms with van der Waals surface area (Å²) in [5.41, 5.74) is 0.727. The molecule has 1 fully saturated rings. The van der Waals surface area contributed by atoms with Crippen LogP contribution in [0.1, 0.15) is 43.0 Å². The molecule has 1 aromatic carbocycles. The fourth-order valence-corrected chi connectivity index (χ4v) is 2.67. The minimum absolute atomic E-state index is 0.0665. The van der Waals surface area contributed by atoms with Gasteiger partial charge in [-0.25, -0.2) is 0 Å². The van der Waals surface area contributed by atoms with Gasteiger partial charge in [0.1, 0.15) is 6.04 Å². The normalized spacial score (nSPS) is 18.1. The third kappa shape index (κ3) is 3.67. The lowest BCUT2D eigenvalue weighted by molar-refractivity contribution is -0.140. The van der Waals surface area contributed by atoms with E-state index in [9.17, 15) is 14.7 Å². The molecule has 1 aliphatic carbocycles. The van der Waals surface area contributed by atoms with Crippen molar-refractivity contribution in [2.75, 3.05) is 6.54 Å². The first-order valence-electron chi connectivity index (χ1n) is 7.05. The van der Waals surface area contributed by atoms with Crippen LogP contribution in [0.5, 0.6) is 0 Å². The van der Waals surface area contributed by atoms with E-state index in [1.807, 2.05) is 6.07 Å². The molecule has 0 amide bonds. The van der Waals surface area contributed by atoms with Gasteiger partial charge >= 0.3 is 5.97 Å². The van der Waals surface area contributed by atoms with E-state index in [2.05, 4.69) is 12.2 Å². The van der Waals surface area contributed by atoms with E-state index in [4.69, 9.17) is 0 Å². The maximum absolute atomic E-state index is 12.0. The van der Waals surface area contributed by atoms with Crippen LogP contribution in [0, 0.1) is 5.41 Å². The number of hydrogen-bond acceptors (Lipinski definition) is 3. The van der Waals surface area contributed by atoms with Crippen molar-refractivity contribution in [3.63, 3.8) is 0 Å². The van der Waals surface area contributed by atoms with Crippen LogP contribution in [0.25, 0.3) is 0 Å². The lowest BCUT2D eigenvalue weighted by Gasteiger charge is -2.40. The summed E-state index contributed by atoms with van der Waals surface area (Å²) < 4.78 is 0. The van der Waals surface area contributed by atoms with Crippen LogP contribution in [0.15, 0.2) is 30.3 Å². The third-order valence-corrected chi connectivity index (χ3v) is 4.16. The second-order valence-electron chi connectivity index (χ2n) is 5.93. The summed E-state index contributed by atoms with van der Waals surface area (Å²) >= 11 is 0. The fourth-order valence-electron chi connectivity index (χ4n) is 2.67. The molecule has 0 aromatic heterocycles. The summed E-state index contributed by atoms with van der Waals surface area (Å²) in [4.78, 5) is 23.3. The maximum atomic E-state index is 12.0. The second-order valence-corrected chi connectivity index (χ2v) is 5.93. The summed E-state index contributed by atoms with van der Waals surface area (Å²) in [5, 5.41) is 12.2. The zero-order chi connectivity index (χ0) is 14.6. The first-order chi connectivity index (χ1) is 9.50. The predicted octanol–water partition coefficient (Wildman–Crippen LogP) is 2.49. The highest BCUT2D eigenvalue weighted by molar-refractivity contribution is 5.97. The molecular formula is C16H21NO3. The van der Waals surface area contributed by atoms with Gasteiger partial charge in [0.05, 0.1) is 6.54 Å². The highest BCUT2D eigenvalue weighted by atomic mass is 16.4. The molecule has 1 aromatic rings. The molecule has 0 bridgehead atoms. The summed E-state index contributed by atoms with van der Waals surface area (Å²) in [5.74, 6) is -0.949. The van der Waals surface area contributed by atoms with E-state index < -0.39 is 12.0 Å². The molecule has 0 spiro atoms. The van der Waals surface area contributed by atoms with E-state index in [1.165, 1.54) is 6.42 Å². The van der Waals surface area contributed by atoms with Crippen LogP contribution in [-0.2, 0) is 4.79 Å². The number of carbonyl (C=O) groups excluding carboxylic acids is 1. The van der Waals surface area contributed by atoms with Gasteiger partial charge in [0.15, 0.2) is 5.78 Å². The number of ketones is 1. The monoisotopic (exact) mass is 275 g/mol. The van der Waals surface area contributed by atoms with E-state index in [-0.39, 0.29) is 17.7 Å². The molecule has 1 atom stereocenters. The van der Waals surface area contributed by atoms with Crippen molar-refractivity contribution in [3.05, 3.63) is 35.9 Å². The Bertz CT molecular complexity index is 480. The molecule has 1 saturated carbocycles. The fraction of sp³-hybridized carbons (Fsp3) is 0.500. The zero-order valence-electron chi connectivity index (χ0n) is 11.8. The summed E-state index contributed by atoms with van der Waals surface area (Å²) in [6.07, 6.45) is 3.91. The molecule has 108 valence electrons. The van der Waals surface area contributed by atoms with Crippen molar-refractivity contribution >= 4 is 11.8 Å². The highest BCUT2D eigenvalue weighted by Crippen LogP contribution is 2.44. The minimum Gasteiger partial charge on any atom is -0.480 e. The largest absolute Gasteiger partial charge is 0.480 e. The van der Waals surface area contributed by atoms with Gasteiger partial charge in [-0.3, -0.25) is 14.9 Å². The first-order valence-corrected chi connectivity index (χ1v) is 7.05. The predicted molar refractivity (Wildman–Crippen MR) is 76.8 cm³/mol. The Hall–Kier alpha value is -1.68. The van der Waals surface area contributed by atoms with E-state index in [0.29, 0.717) is 12.0 Å². The molecule has 0 saturated heterocycles. The van der Waals surface area contributed by atoms with Crippen LogP contribution < -0.4 is 5.32 Å². The topological polar surface area (TPSA) is 66.4 Å². The Morgan fingerprint density at radius 3 is 2.45 bits per heavy atom.